The number of rotatable bonds is 6. The highest BCUT2D eigenvalue weighted by molar-refractivity contribution is 7.91. The summed E-state index contributed by atoms with van der Waals surface area (Å²) in [6.45, 7) is 1.88. The lowest BCUT2D eigenvalue weighted by atomic mass is 10.4. The fraction of sp³-hybridized carbons (Fsp3) is 0.600. The average molecular weight is 305 g/mol. The van der Waals surface area contributed by atoms with Gasteiger partial charge in [0.25, 0.3) is 10.0 Å². The number of amides is 1. The maximum atomic E-state index is 11.9. The van der Waals surface area contributed by atoms with E-state index in [4.69, 9.17) is 0 Å². The largest absolute Gasteiger partial charge is 0.355 e. The molecule has 0 unspecified atom stereocenters. The summed E-state index contributed by atoms with van der Waals surface area (Å²) < 4.78 is 26.1. The number of hydrogen-bond donors (Lipinski definition) is 3. The second-order valence-electron chi connectivity index (χ2n) is 4.39. The molecular formula is C10H15N3O4S2. The zero-order chi connectivity index (χ0) is 14.0. The van der Waals surface area contributed by atoms with E-state index < -0.39 is 14.9 Å². The van der Waals surface area contributed by atoms with Crippen molar-refractivity contribution in [2.24, 2.45) is 5.92 Å². The molecule has 1 aromatic rings. The zero-order valence-corrected chi connectivity index (χ0v) is 12.0. The predicted octanol–water partition coefficient (Wildman–Crippen LogP) is -0.451. The molecule has 1 saturated carbocycles. The lowest BCUT2D eigenvalue weighted by molar-refractivity contribution is -0.122. The third kappa shape index (κ3) is 3.64. The van der Waals surface area contributed by atoms with Crippen LogP contribution in [0.25, 0.3) is 0 Å². The Morgan fingerprint density at radius 1 is 1.42 bits per heavy atom. The Morgan fingerprint density at radius 3 is 2.63 bits per heavy atom. The summed E-state index contributed by atoms with van der Waals surface area (Å²) in [6.07, 6.45) is 1.82. The van der Waals surface area contributed by atoms with Gasteiger partial charge in [-0.25, -0.2) is 13.1 Å². The van der Waals surface area contributed by atoms with Gasteiger partial charge in [-0.3, -0.25) is 9.59 Å². The monoisotopic (exact) mass is 305 g/mol. The molecule has 1 heterocycles. The summed E-state index contributed by atoms with van der Waals surface area (Å²) in [4.78, 5) is 24.4. The van der Waals surface area contributed by atoms with Crippen molar-refractivity contribution in [2.75, 3.05) is 13.1 Å². The Balaban J connectivity index is 1.85. The molecule has 1 amide bonds. The van der Waals surface area contributed by atoms with Crippen molar-refractivity contribution >= 4 is 27.3 Å². The van der Waals surface area contributed by atoms with Crippen molar-refractivity contribution < 1.29 is 13.2 Å². The topological polar surface area (TPSA) is 108 Å². The van der Waals surface area contributed by atoms with Crippen molar-refractivity contribution in [3.8, 4) is 0 Å². The molecular weight excluding hydrogens is 290 g/mol. The number of carbonyl (C=O) groups is 1. The van der Waals surface area contributed by atoms with Crippen molar-refractivity contribution in [1.29, 1.82) is 0 Å². The zero-order valence-electron chi connectivity index (χ0n) is 10.4. The van der Waals surface area contributed by atoms with Gasteiger partial charge in [-0.15, -0.1) is 0 Å². The second-order valence-corrected chi connectivity index (χ2v) is 7.34. The van der Waals surface area contributed by atoms with Crippen LogP contribution in [0, 0.1) is 12.8 Å². The number of hydrogen-bond acceptors (Lipinski definition) is 5. The summed E-state index contributed by atoms with van der Waals surface area (Å²) in [5, 5.41) is 2.66. The van der Waals surface area contributed by atoms with Crippen LogP contribution in [0.1, 0.15) is 18.5 Å². The van der Waals surface area contributed by atoms with Crippen LogP contribution < -0.4 is 14.9 Å². The van der Waals surface area contributed by atoms with Crippen molar-refractivity contribution in [3.63, 3.8) is 0 Å². The van der Waals surface area contributed by atoms with Crippen LogP contribution in [0.4, 0.5) is 0 Å². The van der Waals surface area contributed by atoms with E-state index in [0.29, 0.717) is 17.0 Å². The van der Waals surface area contributed by atoms with Crippen LogP contribution >= 0.6 is 11.3 Å². The Hall–Kier alpha value is -1.19. The first-order valence-corrected chi connectivity index (χ1v) is 8.17. The van der Waals surface area contributed by atoms with Gasteiger partial charge in [0.1, 0.15) is 0 Å². The predicted molar refractivity (Wildman–Crippen MR) is 70.6 cm³/mol. The Labute approximate surface area is 114 Å². The van der Waals surface area contributed by atoms with Gasteiger partial charge in [0.15, 0.2) is 4.21 Å². The van der Waals surface area contributed by atoms with Crippen LogP contribution in [-0.4, -0.2) is 32.4 Å². The summed E-state index contributed by atoms with van der Waals surface area (Å²) in [5.41, 5.74) is 0.324. The third-order valence-corrected chi connectivity index (χ3v) is 5.76. The van der Waals surface area contributed by atoms with E-state index in [0.717, 1.165) is 12.8 Å². The van der Waals surface area contributed by atoms with Crippen molar-refractivity contribution in [1.82, 2.24) is 15.0 Å². The Kier molecular flexibility index (Phi) is 4.07. The van der Waals surface area contributed by atoms with Crippen molar-refractivity contribution in [3.05, 3.63) is 15.4 Å². The van der Waals surface area contributed by atoms with E-state index in [-0.39, 0.29) is 29.1 Å². The number of aromatic nitrogens is 1. The van der Waals surface area contributed by atoms with Crippen LogP contribution in [0.2, 0.25) is 0 Å². The summed E-state index contributed by atoms with van der Waals surface area (Å²) in [6, 6.07) is 0. The minimum absolute atomic E-state index is 0.00832. The van der Waals surface area contributed by atoms with E-state index in [1.807, 2.05) is 0 Å². The first-order valence-electron chi connectivity index (χ1n) is 5.87. The fourth-order valence-corrected chi connectivity index (χ4v) is 3.95. The van der Waals surface area contributed by atoms with Gasteiger partial charge in [-0.2, -0.15) is 0 Å². The molecule has 1 aliphatic rings. The number of aromatic amines is 1. The molecule has 1 fully saturated rings. The van der Waals surface area contributed by atoms with E-state index in [1.165, 1.54) is 6.92 Å². The number of H-pyrrole nitrogens is 1. The molecule has 0 spiro atoms. The summed E-state index contributed by atoms with van der Waals surface area (Å²) in [5.74, 6) is 0.0791. The van der Waals surface area contributed by atoms with E-state index >= 15 is 0 Å². The van der Waals surface area contributed by atoms with Gasteiger partial charge >= 0.3 is 4.87 Å². The molecule has 7 nitrogen and oxygen atoms in total. The highest BCUT2D eigenvalue weighted by Gasteiger charge is 2.29. The maximum Gasteiger partial charge on any atom is 0.305 e. The number of sulfonamides is 1. The number of aryl methyl sites for hydroxylation is 1. The molecule has 0 radical (unpaired) electrons. The number of carbonyl (C=O) groups excluding carboxylic acids is 1. The first-order chi connectivity index (χ1) is 8.90. The Morgan fingerprint density at radius 2 is 2.11 bits per heavy atom. The molecule has 9 heteroatoms. The van der Waals surface area contributed by atoms with E-state index in [9.17, 15) is 18.0 Å². The number of nitrogens with one attached hydrogen (secondary N) is 3. The minimum atomic E-state index is -3.69. The molecule has 1 aromatic heterocycles. The van der Waals surface area contributed by atoms with Crippen LogP contribution in [0.5, 0.6) is 0 Å². The van der Waals surface area contributed by atoms with Gasteiger partial charge in [0.2, 0.25) is 5.91 Å². The normalized spacial score (nSPS) is 15.4. The molecule has 1 aliphatic carbocycles. The summed E-state index contributed by atoms with van der Waals surface area (Å²) in [7, 11) is -3.69. The highest BCUT2D eigenvalue weighted by Crippen LogP contribution is 2.28. The quantitative estimate of drug-likeness (QED) is 0.618. The molecule has 3 N–H and O–H groups in total. The van der Waals surface area contributed by atoms with Gasteiger partial charge < -0.3 is 10.3 Å². The smallest absolute Gasteiger partial charge is 0.305 e. The minimum Gasteiger partial charge on any atom is -0.355 e. The third-order valence-electron chi connectivity index (χ3n) is 2.69. The van der Waals surface area contributed by atoms with Crippen molar-refractivity contribution in [2.45, 2.75) is 24.0 Å². The van der Waals surface area contributed by atoms with Gasteiger partial charge in [-0.05, 0) is 19.8 Å². The molecule has 0 bridgehead atoms. The van der Waals surface area contributed by atoms with Gasteiger partial charge in [0.05, 0.1) is 0 Å². The lowest BCUT2D eigenvalue weighted by Gasteiger charge is -2.06. The molecule has 19 heavy (non-hydrogen) atoms. The second kappa shape index (κ2) is 5.43. The molecule has 0 saturated heterocycles. The van der Waals surface area contributed by atoms with Crippen LogP contribution in [0.3, 0.4) is 0 Å². The summed E-state index contributed by atoms with van der Waals surface area (Å²) >= 11 is 0.652. The molecule has 0 aromatic carbocycles. The maximum absolute atomic E-state index is 11.9. The SMILES string of the molecule is Cc1[nH]c(=O)sc1S(=O)(=O)NCCNC(=O)C1CC1. The average Bonchev–Trinajstić information content (AvgIpc) is 3.10. The molecule has 0 atom stereocenters. The van der Waals surface area contributed by atoms with Gasteiger partial charge in [0, 0.05) is 24.7 Å². The van der Waals surface area contributed by atoms with E-state index in [2.05, 4.69) is 15.0 Å². The molecule has 2 rings (SSSR count). The highest BCUT2D eigenvalue weighted by atomic mass is 32.2. The Bertz CT molecular complexity index is 627. The lowest BCUT2D eigenvalue weighted by Crippen LogP contribution is -2.35. The van der Waals surface area contributed by atoms with Crippen LogP contribution in [-0.2, 0) is 14.8 Å². The molecule has 106 valence electrons. The van der Waals surface area contributed by atoms with E-state index in [1.54, 1.807) is 0 Å². The first kappa shape index (κ1) is 14.2. The standard InChI is InChI=1S/C10H15N3O4S2/c1-6-9(18-10(15)13-6)19(16,17)12-5-4-11-8(14)7-2-3-7/h7,12H,2-5H2,1H3,(H,11,14)(H,13,15). The fourth-order valence-electron chi connectivity index (χ4n) is 1.57. The molecule has 0 aliphatic heterocycles. The number of thiazole rings is 1. The van der Waals surface area contributed by atoms with Crippen LogP contribution in [0.15, 0.2) is 9.00 Å². The van der Waals surface area contributed by atoms with Gasteiger partial charge in [-0.1, -0.05) is 11.3 Å².